The van der Waals surface area contributed by atoms with E-state index in [2.05, 4.69) is 6.07 Å². The van der Waals surface area contributed by atoms with Gasteiger partial charge < -0.3 is 15.4 Å². The van der Waals surface area contributed by atoms with E-state index in [1.165, 1.54) is 24.1 Å². The summed E-state index contributed by atoms with van der Waals surface area (Å²) >= 11 is 0. The van der Waals surface area contributed by atoms with Crippen molar-refractivity contribution < 1.29 is 19.2 Å². The van der Waals surface area contributed by atoms with Gasteiger partial charge in [0, 0.05) is 13.1 Å². The molecule has 0 heterocycles. The number of nitro benzene ring substituents is 1. The van der Waals surface area contributed by atoms with Gasteiger partial charge in [-0.15, -0.1) is 0 Å². The van der Waals surface area contributed by atoms with Gasteiger partial charge in [-0.2, -0.15) is 5.26 Å². The van der Waals surface area contributed by atoms with E-state index in [1.807, 2.05) is 0 Å². The quantitative estimate of drug-likeness (QED) is 0.366. The minimum Gasteiger partial charge on any atom is -0.452 e. The normalized spacial score (nSPS) is 15.5. The van der Waals surface area contributed by atoms with Gasteiger partial charge in [0.05, 0.1) is 16.6 Å². The number of carbonyl (C=O) groups is 2. The highest BCUT2D eigenvalue weighted by atomic mass is 16.6. The van der Waals surface area contributed by atoms with Crippen LogP contribution in [-0.4, -0.2) is 40.9 Å². The third-order valence-corrected chi connectivity index (χ3v) is 4.69. The second-order valence-electron chi connectivity index (χ2n) is 6.26. The van der Waals surface area contributed by atoms with Gasteiger partial charge in [-0.05, 0) is 25.0 Å². The first-order chi connectivity index (χ1) is 12.3. The molecule has 9 heteroatoms. The van der Waals surface area contributed by atoms with Gasteiger partial charge in [-0.3, -0.25) is 14.9 Å². The van der Waals surface area contributed by atoms with Crippen LogP contribution in [-0.2, 0) is 9.53 Å². The Labute approximate surface area is 150 Å². The summed E-state index contributed by atoms with van der Waals surface area (Å²) in [5.74, 6) is -1.36. The fourth-order valence-corrected chi connectivity index (χ4v) is 3.03. The summed E-state index contributed by atoms with van der Waals surface area (Å²) in [5.41, 5.74) is 4.05. The van der Waals surface area contributed by atoms with Gasteiger partial charge >= 0.3 is 5.97 Å². The van der Waals surface area contributed by atoms with E-state index < -0.39 is 34.6 Å². The molecule has 0 bridgehead atoms. The van der Waals surface area contributed by atoms with E-state index in [0.29, 0.717) is 12.8 Å². The Hall–Kier alpha value is -3.15. The number of esters is 1. The number of ether oxygens (including phenoxy) is 1. The number of hydrogen-bond acceptors (Lipinski definition) is 7. The number of nitrogens with zero attached hydrogens (tertiary/aromatic N) is 3. The maximum absolute atomic E-state index is 12.3. The van der Waals surface area contributed by atoms with E-state index in [9.17, 15) is 25.0 Å². The second kappa shape index (κ2) is 7.82. The average Bonchev–Trinajstić information content (AvgIpc) is 2.65. The monoisotopic (exact) mass is 360 g/mol. The summed E-state index contributed by atoms with van der Waals surface area (Å²) in [6.07, 6.45) is 3.92. The second-order valence-corrected chi connectivity index (χ2v) is 6.26. The van der Waals surface area contributed by atoms with E-state index in [-0.39, 0.29) is 11.3 Å². The predicted octanol–water partition coefficient (Wildman–Crippen LogP) is 2.02. The van der Waals surface area contributed by atoms with Crippen molar-refractivity contribution in [1.82, 2.24) is 4.90 Å². The van der Waals surface area contributed by atoms with Crippen LogP contribution in [0.4, 0.5) is 11.4 Å². The van der Waals surface area contributed by atoms with Gasteiger partial charge in [0.15, 0.2) is 6.61 Å². The smallest absolute Gasteiger partial charge is 0.338 e. The molecule has 1 aromatic rings. The van der Waals surface area contributed by atoms with Gasteiger partial charge in [0.2, 0.25) is 0 Å². The summed E-state index contributed by atoms with van der Waals surface area (Å²) < 4.78 is 4.96. The molecule has 1 aliphatic rings. The highest BCUT2D eigenvalue weighted by Crippen LogP contribution is 2.32. The van der Waals surface area contributed by atoms with Crippen LogP contribution in [0, 0.1) is 21.4 Å². The van der Waals surface area contributed by atoms with Gasteiger partial charge in [-0.25, -0.2) is 4.79 Å². The molecule has 0 aliphatic heterocycles. The first-order valence-corrected chi connectivity index (χ1v) is 8.20. The van der Waals surface area contributed by atoms with Crippen molar-refractivity contribution in [3.63, 3.8) is 0 Å². The summed E-state index contributed by atoms with van der Waals surface area (Å²) in [6.45, 7) is -0.545. The molecule has 26 heavy (non-hydrogen) atoms. The van der Waals surface area contributed by atoms with E-state index in [1.54, 1.807) is 0 Å². The van der Waals surface area contributed by atoms with Crippen molar-refractivity contribution >= 4 is 23.3 Å². The first kappa shape index (κ1) is 19.2. The first-order valence-electron chi connectivity index (χ1n) is 8.20. The molecule has 1 amide bonds. The number of benzene rings is 1. The van der Waals surface area contributed by atoms with Gasteiger partial charge in [-0.1, -0.05) is 19.3 Å². The molecule has 2 rings (SSSR count). The maximum Gasteiger partial charge on any atom is 0.338 e. The van der Waals surface area contributed by atoms with Crippen molar-refractivity contribution in [3.8, 4) is 6.07 Å². The van der Waals surface area contributed by atoms with Crippen LogP contribution in [0.5, 0.6) is 0 Å². The van der Waals surface area contributed by atoms with Crippen molar-refractivity contribution in [1.29, 1.82) is 5.26 Å². The lowest BCUT2D eigenvalue weighted by atomic mass is 9.81. The largest absolute Gasteiger partial charge is 0.452 e. The molecule has 1 aromatic carbocycles. The molecule has 0 saturated heterocycles. The molecule has 2 N–H and O–H groups in total. The molecule has 0 spiro atoms. The third-order valence-electron chi connectivity index (χ3n) is 4.69. The fraction of sp³-hybridized carbons (Fsp3) is 0.471. The molecular formula is C17H20N4O5. The minimum absolute atomic E-state index is 0.0735. The number of nitrogen functional groups attached to an aromatic ring is 1. The zero-order valence-electron chi connectivity index (χ0n) is 14.4. The number of nitro groups is 1. The number of hydrogen-bond donors (Lipinski definition) is 1. The molecule has 0 unspecified atom stereocenters. The summed E-state index contributed by atoms with van der Waals surface area (Å²) in [7, 11) is 1.53. The van der Waals surface area contributed by atoms with Gasteiger partial charge in [0.25, 0.3) is 11.6 Å². The molecule has 138 valence electrons. The van der Waals surface area contributed by atoms with E-state index in [4.69, 9.17) is 10.5 Å². The maximum atomic E-state index is 12.3. The molecular weight excluding hydrogens is 340 g/mol. The van der Waals surface area contributed by atoms with E-state index in [0.717, 1.165) is 25.3 Å². The van der Waals surface area contributed by atoms with Crippen LogP contribution < -0.4 is 5.73 Å². The molecule has 0 atom stereocenters. The fourth-order valence-electron chi connectivity index (χ4n) is 3.03. The number of likely N-dealkylation sites (N-methyl/N-ethyl adjacent to an activating group) is 1. The molecule has 0 aromatic heterocycles. The Kier molecular flexibility index (Phi) is 5.77. The van der Waals surface area contributed by atoms with Crippen molar-refractivity contribution in [3.05, 3.63) is 33.9 Å². The van der Waals surface area contributed by atoms with Crippen LogP contribution in [0.1, 0.15) is 42.5 Å². The van der Waals surface area contributed by atoms with Crippen molar-refractivity contribution in [2.24, 2.45) is 0 Å². The molecule has 1 aliphatic carbocycles. The number of nitriles is 1. The SMILES string of the molecule is CN(C(=O)COC(=O)c1ccc(N)c([N+](=O)[O-])c1)C1(C#N)CCCCC1. The lowest BCUT2D eigenvalue weighted by Gasteiger charge is -2.38. The third kappa shape index (κ3) is 3.91. The number of nitrogens with two attached hydrogens (primary N) is 1. The minimum atomic E-state index is -0.873. The Balaban J connectivity index is 2.03. The summed E-state index contributed by atoms with van der Waals surface area (Å²) in [4.78, 5) is 35.9. The number of anilines is 1. The van der Waals surface area contributed by atoms with Crippen molar-refractivity contribution in [2.75, 3.05) is 19.4 Å². The van der Waals surface area contributed by atoms with Crippen LogP contribution in [0.25, 0.3) is 0 Å². The van der Waals surface area contributed by atoms with E-state index >= 15 is 0 Å². The zero-order valence-corrected chi connectivity index (χ0v) is 14.4. The predicted molar refractivity (Wildman–Crippen MR) is 92.0 cm³/mol. The summed E-state index contributed by atoms with van der Waals surface area (Å²) in [5, 5.41) is 20.4. The molecule has 0 radical (unpaired) electrons. The lowest BCUT2D eigenvalue weighted by molar-refractivity contribution is -0.383. The molecule has 9 nitrogen and oxygen atoms in total. The zero-order chi connectivity index (χ0) is 19.3. The molecule has 1 saturated carbocycles. The van der Waals surface area contributed by atoms with Crippen LogP contribution in [0.2, 0.25) is 0 Å². The topological polar surface area (TPSA) is 140 Å². The standard InChI is InChI=1S/C17H20N4O5/c1-20(17(11-18)7-3-2-4-8-17)15(22)10-26-16(23)12-5-6-13(19)14(9-12)21(24)25/h5-6,9H,2-4,7-8,10,19H2,1H3. The van der Waals surface area contributed by atoms with Gasteiger partial charge in [0.1, 0.15) is 11.2 Å². The number of carbonyl (C=O) groups excluding carboxylic acids is 2. The Morgan fingerprint density at radius 3 is 2.62 bits per heavy atom. The number of amides is 1. The van der Waals surface area contributed by atoms with Crippen LogP contribution >= 0.6 is 0 Å². The highest BCUT2D eigenvalue weighted by Gasteiger charge is 2.39. The number of rotatable bonds is 5. The van der Waals surface area contributed by atoms with Crippen LogP contribution in [0.15, 0.2) is 18.2 Å². The highest BCUT2D eigenvalue weighted by molar-refractivity contribution is 5.93. The molecule has 1 fully saturated rings. The average molecular weight is 360 g/mol. The Morgan fingerprint density at radius 1 is 1.38 bits per heavy atom. The Morgan fingerprint density at radius 2 is 2.04 bits per heavy atom. The van der Waals surface area contributed by atoms with Crippen molar-refractivity contribution in [2.45, 2.75) is 37.6 Å². The Bertz CT molecular complexity index is 765. The summed E-state index contributed by atoms with van der Waals surface area (Å²) in [6, 6.07) is 5.74. The van der Waals surface area contributed by atoms with Crippen LogP contribution in [0.3, 0.4) is 0 Å². The lowest BCUT2D eigenvalue weighted by Crippen LogP contribution is -2.51.